The number of fused-ring (bicyclic) bond motifs is 1. The molecule has 1 aliphatic heterocycles. The minimum atomic E-state index is -2.05. The molecule has 11 nitrogen and oxygen atoms in total. The fourth-order valence-corrected chi connectivity index (χ4v) is 3.91. The average Bonchev–Trinajstić information content (AvgIpc) is 3.21. The molecule has 3 aromatic rings. The second-order valence-corrected chi connectivity index (χ2v) is 8.00. The van der Waals surface area contributed by atoms with Crippen LogP contribution in [0.4, 0.5) is 10.3 Å². The number of carbonyl (C=O) groups excluding carboxylic acids is 2. The lowest BCUT2D eigenvalue weighted by Crippen LogP contribution is -2.37. The van der Waals surface area contributed by atoms with Crippen LogP contribution in [0.5, 0.6) is 0 Å². The van der Waals surface area contributed by atoms with E-state index in [-0.39, 0.29) is 30.1 Å². The highest BCUT2D eigenvalue weighted by molar-refractivity contribution is 6.30. The Morgan fingerprint density at radius 3 is 2.76 bits per heavy atom. The largest absolute Gasteiger partial charge is 0.454 e. The van der Waals surface area contributed by atoms with E-state index >= 15 is 4.39 Å². The zero-order chi connectivity index (χ0) is 24.6. The number of nitrogen functional groups attached to an aromatic ring is 1. The highest BCUT2D eigenvalue weighted by Crippen LogP contribution is 2.35. The summed E-state index contributed by atoms with van der Waals surface area (Å²) in [4.78, 5) is 45.1. The van der Waals surface area contributed by atoms with Crippen molar-refractivity contribution in [1.82, 2.24) is 19.1 Å². The van der Waals surface area contributed by atoms with Gasteiger partial charge in [-0.2, -0.15) is 4.98 Å². The maximum atomic E-state index is 15.2. The number of rotatable bonds is 6. The van der Waals surface area contributed by atoms with Crippen molar-refractivity contribution in [3.8, 4) is 0 Å². The van der Waals surface area contributed by atoms with E-state index < -0.39 is 42.4 Å². The summed E-state index contributed by atoms with van der Waals surface area (Å²) in [5, 5.41) is 0.477. The van der Waals surface area contributed by atoms with Crippen molar-refractivity contribution in [3.63, 3.8) is 0 Å². The Morgan fingerprint density at radius 2 is 2.09 bits per heavy atom. The molecule has 2 aromatic heterocycles. The summed E-state index contributed by atoms with van der Waals surface area (Å²) in [6, 6.07) is 6.87. The van der Waals surface area contributed by atoms with Crippen molar-refractivity contribution in [2.45, 2.75) is 51.6 Å². The van der Waals surface area contributed by atoms with Gasteiger partial charge >= 0.3 is 17.6 Å². The zero-order valence-corrected chi connectivity index (χ0v) is 18.9. The van der Waals surface area contributed by atoms with Crippen LogP contribution in [-0.4, -0.2) is 49.6 Å². The minimum absolute atomic E-state index is 0.0244. The van der Waals surface area contributed by atoms with Gasteiger partial charge in [0.15, 0.2) is 18.0 Å². The number of hydrogen-bond donors (Lipinski definition) is 1. The Balaban J connectivity index is 1.84. The van der Waals surface area contributed by atoms with Crippen LogP contribution in [0, 0.1) is 0 Å². The van der Waals surface area contributed by atoms with Gasteiger partial charge in [-0.25, -0.2) is 18.7 Å². The van der Waals surface area contributed by atoms with Gasteiger partial charge in [-0.1, -0.05) is 30.7 Å². The van der Waals surface area contributed by atoms with Crippen LogP contribution >= 0.6 is 11.6 Å². The number of nitrogens with zero attached hydrogens (tertiary/aromatic N) is 4. The van der Waals surface area contributed by atoms with Crippen LogP contribution in [0.15, 0.2) is 35.3 Å². The van der Waals surface area contributed by atoms with E-state index in [9.17, 15) is 14.4 Å². The first-order valence-corrected chi connectivity index (χ1v) is 10.7. The number of nitrogens with two attached hydrogens (primary N) is 1. The molecule has 34 heavy (non-hydrogen) atoms. The molecule has 1 saturated heterocycles. The monoisotopic (exact) mass is 493 g/mol. The van der Waals surface area contributed by atoms with E-state index in [1.165, 1.54) is 17.7 Å². The van der Waals surface area contributed by atoms with Crippen LogP contribution in [0.3, 0.4) is 0 Å². The van der Waals surface area contributed by atoms with Gasteiger partial charge < -0.3 is 19.9 Å². The zero-order valence-electron chi connectivity index (χ0n) is 18.2. The van der Waals surface area contributed by atoms with Crippen molar-refractivity contribution < 1.29 is 28.2 Å². The number of hydrogen-bond acceptors (Lipinski definition) is 9. The molecule has 0 aliphatic carbocycles. The number of alkyl halides is 1. The van der Waals surface area contributed by atoms with E-state index in [1.54, 1.807) is 24.3 Å². The van der Waals surface area contributed by atoms with E-state index in [2.05, 4.69) is 9.97 Å². The fraction of sp³-hybridized carbons (Fsp3) is 0.381. The highest BCUT2D eigenvalue weighted by Gasteiger charge is 2.51. The average molecular weight is 494 g/mol. The molecule has 3 heterocycles. The molecule has 0 bridgehead atoms. The number of imidazole rings is 1. The predicted molar refractivity (Wildman–Crippen MR) is 117 cm³/mol. The predicted octanol–water partition coefficient (Wildman–Crippen LogP) is 1.95. The van der Waals surface area contributed by atoms with Crippen molar-refractivity contribution in [1.29, 1.82) is 0 Å². The van der Waals surface area contributed by atoms with Crippen LogP contribution in [0.25, 0.3) is 11.2 Å². The van der Waals surface area contributed by atoms with Gasteiger partial charge in [0, 0.05) is 18.4 Å². The topological polar surface area (TPSA) is 141 Å². The second-order valence-electron chi connectivity index (χ2n) is 7.56. The molecule has 0 amide bonds. The van der Waals surface area contributed by atoms with E-state index in [4.69, 9.17) is 31.5 Å². The molecule has 0 spiro atoms. The lowest BCUT2D eigenvalue weighted by atomic mass is 10.2. The Kier molecular flexibility index (Phi) is 6.53. The van der Waals surface area contributed by atoms with Crippen LogP contribution in [-0.2, 0) is 30.3 Å². The third-order valence-corrected chi connectivity index (χ3v) is 5.41. The fourth-order valence-electron chi connectivity index (χ4n) is 3.70. The van der Waals surface area contributed by atoms with Crippen molar-refractivity contribution >= 4 is 40.7 Å². The maximum Gasteiger partial charge on any atom is 0.332 e. The number of halogens is 2. The first kappa shape index (κ1) is 23.6. The second kappa shape index (κ2) is 9.39. The number of aromatic nitrogens is 4. The molecule has 180 valence electrons. The van der Waals surface area contributed by atoms with E-state index in [0.717, 1.165) is 11.5 Å². The highest BCUT2D eigenvalue weighted by atomic mass is 35.5. The lowest BCUT2D eigenvalue weighted by molar-refractivity contribution is -0.188. The standard InChI is InChI=1S/C21H21ClFN5O6/c1-3-14(30)33-19-15(23)16(32-10(2)29)18(34-19)28-17-13(8-25-20(24)26-17)27(21(28)31)9-11-5-4-6-12(22)7-11/h4-8,15-16,18-19H,3,9H2,1-2H3,(H2,24,25,26)/t15-,16-,18-,19+/m1/s1. The summed E-state index contributed by atoms with van der Waals surface area (Å²) < 4.78 is 33.2. The summed E-state index contributed by atoms with van der Waals surface area (Å²) in [7, 11) is 0. The maximum absolute atomic E-state index is 15.2. The molecular weight excluding hydrogens is 473 g/mol. The summed E-state index contributed by atoms with van der Waals surface area (Å²) in [6.07, 6.45) is -5.51. The quantitative estimate of drug-likeness (QED) is 0.510. The molecular formula is C21H21ClFN5O6. The normalized spacial score (nSPS) is 22.1. The third kappa shape index (κ3) is 4.46. The number of esters is 2. The van der Waals surface area contributed by atoms with E-state index in [1.807, 2.05) is 0 Å². The Bertz CT molecular complexity index is 1310. The van der Waals surface area contributed by atoms with Crippen LogP contribution < -0.4 is 11.4 Å². The molecule has 0 saturated carbocycles. The molecule has 1 aliphatic rings. The van der Waals surface area contributed by atoms with Gasteiger partial charge in [0.25, 0.3) is 0 Å². The summed E-state index contributed by atoms with van der Waals surface area (Å²) in [5.74, 6) is -1.68. The van der Waals surface area contributed by atoms with E-state index in [0.29, 0.717) is 10.6 Å². The van der Waals surface area contributed by atoms with Crippen LogP contribution in [0.1, 0.15) is 32.1 Å². The number of carbonyl (C=O) groups is 2. The van der Waals surface area contributed by atoms with Gasteiger partial charge in [-0.15, -0.1) is 0 Å². The summed E-state index contributed by atoms with van der Waals surface area (Å²) in [6.45, 7) is 2.69. The van der Waals surface area contributed by atoms with Gasteiger partial charge in [-0.05, 0) is 17.7 Å². The number of anilines is 1. The molecule has 0 radical (unpaired) electrons. The van der Waals surface area contributed by atoms with Gasteiger partial charge in [0.2, 0.25) is 18.4 Å². The first-order valence-electron chi connectivity index (χ1n) is 10.3. The molecule has 1 aromatic carbocycles. The Labute approximate surface area is 197 Å². The Morgan fingerprint density at radius 1 is 1.32 bits per heavy atom. The smallest absolute Gasteiger partial charge is 0.332 e. The molecule has 0 unspecified atom stereocenters. The van der Waals surface area contributed by atoms with Crippen molar-refractivity contribution in [3.05, 3.63) is 51.5 Å². The van der Waals surface area contributed by atoms with Crippen molar-refractivity contribution in [2.24, 2.45) is 0 Å². The number of benzene rings is 1. The SMILES string of the molecule is CCC(=O)O[C@H]1O[C@@H](n2c(=O)n(Cc3cccc(Cl)c3)c3cnc(N)nc32)[C@H](OC(C)=O)[C@H]1F. The summed E-state index contributed by atoms with van der Waals surface area (Å²) in [5.41, 5.74) is 6.08. The number of ether oxygens (including phenoxy) is 3. The third-order valence-electron chi connectivity index (χ3n) is 5.18. The van der Waals surface area contributed by atoms with Gasteiger partial charge in [0.05, 0.1) is 12.7 Å². The molecule has 4 atom stereocenters. The lowest BCUT2D eigenvalue weighted by Gasteiger charge is -2.19. The summed E-state index contributed by atoms with van der Waals surface area (Å²) >= 11 is 6.07. The van der Waals surface area contributed by atoms with Gasteiger partial charge in [-0.3, -0.25) is 14.2 Å². The minimum Gasteiger partial charge on any atom is -0.454 e. The van der Waals surface area contributed by atoms with Crippen LogP contribution in [0.2, 0.25) is 5.02 Å². The molecule has 2 N–H and O–H groups in total. The van der Waals surface area contributed by atoms with Crippen molar-refractivity contribution in [2.75, 3.05) is 5.73 Å². The molecule has 4 rings (SSSR count). The van der Waals surface area contributed by atoms with Gasteiger partial charge in [0.1, 0.15) is 5.52 Å². The molecule has 13 heteroatoms. The Hall–Kier alpha value is -3.51. The first-order chi connectivity index (χ1) is 16.2. The molecule has 1 fully saturated rings.